The van der Waals surface area contributed by atoms with Crippen molar-refractivity contribution in [3.8, 4) is 11.4 Å². The maximum absolute atomic E-state index is 4.72. The Hall–Kier alpha value is -1.42. The fraction of sp³-hybridized carbons (Fsp3) is 0.467. The van der Waals surface area contributed by atoms with Crippen molar-refractivity contribution in [2.24, 2.45) is 0 Å². The lowest BCUT2D eigenvalue weighted by molar-refractivity contribution is 0.989. The Morgan fingerprint density at radius 2 is 1.89 bits per heavy atom. The number of thiophene rings is 1. The molecule has 0 unspecified atom stereocenters. The second-order valence-corrected chi connectivity index (χ2v) is 6.13. The molecular formula is C15H21N3S. The predicted molar refractivity (Wildman–Crippen MR) is 83.1 cm³/mol. The van der Waals surface area contributed by atoms with Crippen LogP contribution in [0.4, 0.5) is 5.82 Å². The normalized spacial score (nSPS) is 10.8. The van der Waals surface area contributed by atoms with Gasteiger partial charge >= 0.3 is 0 Å². The fourth-order valence-electron chi connectivity index (χ4n) is 2.31. The first-order valence-electron chi connectivity index (χ1n) is 6.75. The molecule has 2 aromatic heterocycles. The highest BCUT2D eigenvalue weighted by Gasteiger charge is 2.14. The average molecular weight is 275 g/mol. The van der Waals surface area contributed by atoms with Gasteiger partial charge in [-0.1, -0.05) is 6.92 Å². The molecule has 0 saturated heterocycles. The zero-order chi connectivity index (χ0) is 14.0. The number of nitrogens with zero attached hydrogens (tertiary/aromatic N) is 2. The van der Waals surface area contributed by atoms with Gasteiger partial charge < -0.3 is 5.32 Å². The Kier molecular flexibility index (Phi) is 4.20. The zero-order valence-electron chi connectivity index (χ0n) is 12.3. The number of nitrogens with one attached hydrogen (secondary N) is 1. The van der Waals surface area contributed by atoms with Crippen LogP contribution in [0.5, 0.6) is 0 Å². The number of anilines is 1. The second-order valence-electron chi connectivity index (χ2n) is 4.67. The molecule has 19 heavy (non-hydrogen) atoms. The molecule has 0 aliphatic rings. The molecule has 3 nitrogen and oxygen atoms in total. The van der Waals surface area contributed by atoms with Crippen LogP contribution >= 0.6 is 11.3 Å². The van der Waals surface area contributed by atoms with Crippen molar-refractivity contribution in [1.29, 1.82) is 0 Å². The molecule has 2 aromatic rings. The molecule has 2 rings (SSSR count). The Balaban J connectivity index is 2.56. The van der Waals surface area contributed by atoms with Gasteiger partial charge in [0, 0.05) is 33.1 Å². The summed E-state index contributed by atoms with van der Waals surface area (Å²) in [6.07, 6.45) is 0.954. The molecule has 0 aromatic carbocycles. The minimum absolute atomic E-state index is 0.840. The van der Waals surface area contributed by atoms with E-state index in [1.807, 2.05) is 0 Å². The van der Waals surface area contributed by atoms with E-state index >= 15 is 0 Å². The van der Waals surface area contributed by atoms with Gasteiger partial charge in [0.2, 0.25) is 0 Å². The predicted octanol–water partition coefficient (Wildman–Crippen LogP) is 4.12. The van der Waals surface area contributed by atoms with Gasteiger partial charge in [0.25, 0.3) is 0 Å². The molecule has 0 saturated carbocycles. The van der Waals surface area contributed by atoms with Crippen LogP contribution in [0.3, 0.4) is 0 Å². The van der Waals surface area contributed by atoms with Crippen LogP contribution in [0.15, 0.2) is 6.07 Å². The summed E-state index contributed by atoms with van der Waals surface area (Å²) in [7, 11) is 0. The van der Waals surface area contributed by atoms with E-state index in [-0.39, 0.29) is 0 Å². The standard InChI is InChI=1S/C15H21N3S/c1-6-12-10(4)17-15(18-14(12)16-7-2)13-8-9(3)19-11(13)5/h8H,6-7H2,1-5H3,(H,16,17,18). The molecule has 102 valence electrons. The van der Waals surface area contributed by atoms with Crippen molar-refractivity contribution < 1.29 is 0 Å². The lowest BCUT2D eigenvalue weighted by Crippen LogP contribution is -2.08. The van der Waals surface area contributed by atoms with E-state index < -0.39 is 0 Å². The lowest BCUT2D eigenvalue weighted by atomic mass is 10.1. The number of rotatable bonds is 4. The highest BCUT2D eigenvalue weighted by atomic mass is 32.1. The van der Waals surface area contributed by atoms with Crippen LogP contribution in [-0.2, 0) is 6.42 Å². The van der Waals surface area contributed by atoms with Crippen LogP contribution < -0.4 is 5.32 Å². The third-order valence-electron chi connectivity index (χ3n) is 3.19. The smallest absolute Gasteiger partial charge is 0.162 e. The molecule has 0 fully saturated rings. The number of aryl methyl sites for hydroxylation is 3. The molecule has 0 bridgehead atoms. The van der Waals surface area contributed by atoms with Crippen molar-refractivity contribution in [3.05, 3.63) is 27.1 Å². The maximum atomic E-state index is 4.72. The number of hydrogen-bond donors (Lipinski definition) is 1. The fourth-order valence-corrected chi connectivity index (χ4v) is 3.23. The van der Waals surface area contributed by atoms with Gasteiger partial charge in [-0.2, -0.15) is 0 Å². The highest BCUT2D eigenvalue weighted by Crippen LogP contribution is 2.30. The van der Waals surface area contributed by atoms with Gasteiger partial charge in [-0.05, 0) is 40.2 Å². The largest absolute Gasteiger partial charge is 0.370 e. The minimum Gasteiger partial charge on any atom is -0.370 e. The summed E-state index contributed by atoms with van der Waals surface area (Å²) < 4.78 is 0. The van der Waals surface area contributed by atoms with Crippen LogP contribution in [0, 0.1) is 20.8 Å². The van der Waals surface area contributed by atoms with Gasteiger partial charge in [0.05, 0.1) is 0 Å². The topological polar surface area (TPSA) is 37.8 Å². The minimum atomic E-state index is 0.840. The summed E-state index contributed by atoms with van der Waals surface area (Å²) in [5.74, 6) is 1.82. The van der Waals surface area contributed by atoms with E-state index in [1.165, 1.54) is 15.3 Å². The molecule has 0 spiro atoms. The first-order chi connectivity index (χ1) is 9.06. The molecular weight excluding hydrogens is 254 g/mol. The van der Waals surface area contributed by atoms with Gasteiger partial charge in [-0.15, -0.1) is 11.3 Å². The van der Waals surface area contributed by atoms with Gasteiger partial charge in [-0.3, -0.25) is 0 Å². The molecule has 0 amide bonds. The Morgan fingerprint density at radius 3 is 2.42 bits per heavy atom. The first-order valence-corrected chi connectivity index (χ1v) is 7.57. The third-order valence-corrected chi connectivity index (χ3v) is 4.16. The number of aromatic nitrogens is 2. The Morgan fingerprint density at radius 1 is 1.16 bits per heavy atom. The summed E-state index contributed by atoms with van der Waals surface area (Å²) in [5.41, 5.74) is 3.45. The zero-order valence-corrected chi connectivity index (χ0v) is 13.1. The molecule has 1 N–H and O–H groups in total. The SMILES string of the molecule is CCNc1nc(-c2cc(C)sc2C)nc(C)c1CC. The summed E-state index contributed by atoms with van der Waals surface area (Å²) in [5, 5.41) is 3.36. The van der Waals surface area contributed by atoms with Gasteiger partial charge in [-0.25, -0.2) is 9.97 Å². The summed E-state index contributed by atoms with van der Waals surface area (Å²) >= 11 is 1.80. The molecule has 0 aliphatic carbocycles. The van der Waals surface area contributed by atoms with E-state index in [0.29, 0.717) is 0 Å². The summed E-state index contributed by atoms with van der Waals surface area (Å²) in [4.78, 5) is 12.0. The quantitative estimate of drug-likeness (QED) is 0.912. The van der Waals surface area contributed by atoms with E-state index in [1.54, 1.807) is 11.3 Å². The highest BCUT2D eigenvalue weighted by molar-refractivity contribution is 7.12. The molecule has 0 radical (unpaired) electrons. The van der Waals surface area contributed by atoms with Crippen LogP contribution in [0.1, 0.15) is 34.9 Å². The Bertz CT molecular complexity index is 587. The molecule has 2 heterocycles. The Labute approximate surface area is 119 Å². The molecule has 0 atom stereocenters. The van der Waals surface area contributed by atoms with Crippen molar-refractivity contribution in [3.63, 3.8) is 0 Å². The van der Waals surface area contributed by atoms with Crippen molar-refractivity contribution >= 4 is 17.2 Å². The third kappa shape index (κ3) is 2.78. The second kappa shape index (κ2) is 5.70. The van der Waals surface area contributed by atoms with Gasteiger partial charge in [0.15, 0.2) is 5.82 Å². The van der Waals surface area contributed by atoms with Crippen molar-refractivity contribution in [2.45, 2.75) is 41.0 Å². The maximum Gasteiger partial charge on any atom is 0.162 e. The van der Waals surface area contributed by atoms with E-state index in [0.717, 1.165) is 35.9 Å². The summed E-state index contributed by atoms with van der Waals surface area (Å²) in [6, 6.07) is 2.18. The van der Waals surface area contributed by atoms with E-state index in [2.05, 4.69) is 51.0 Å². The molecule has 0 aliphatic heterocycles. The summed E-state index contributed by atoms with van der Waals surface area (Å²) in [6.45, 7) is 11.4. The van der Waals surface area contributed by atoms with E-state index in [4.69, 9.17) is 4.98 Å². The first kappa shape index (κ1) is 14.0. The van der Waals surface area contributed by atoms with Crippen LogP contribution in [0.2, 0.25) is 0 Å². The van der Waals surface area contributed by atoms with Crippen molar-refractivity contribution in [2.75, 3.05) is 11.9 Å². The number of hydrogen-bond acceptors (Lipinski definition) is 4. The van der Waals surface area contributed by atoms with Crippen molar-refractivity contribution in [1.82, 2.24) is 9.97 Å². The van der Waals surface area contributed by atoms with Gasteiger partial charge in [0.1, 0.15) is 5.82 Å². The van der Waals surface area contributed by atoms with Crippen LogP contribution in [-0.4, -0.2) is 16.5 Å². The monoisotopic (exact) mass is 275 g/mol. The molecule has 4 heteroatoms. The van der Waals surface area contributed by atoms with Crippen LogP contribution in [0.25, 0.3) is 11.4 Å². The average Bonchev–Trinajstić information content (AvgIpc) is 2.68. The lowest BCUT2D eigenvalue weighted by Gasteiger charge is -2.12. The van der Waals surface area contributed by atoms with E-state index in [9.17, 15) is 0 Å².